The Bertz CT molecular complexity index is 1020. The van der Waals surface area contributed by atoms with Gasteiger partial charge in [-0.15, -0.1) is 0 Å². The number of ether oxygens (including phenoxy) is 2. The Morgan fingerprint density at radius 3 is 2.25 bits per heavy atom. The third-order valence-corrected chi connectivity index (χ3v) is 4.18. The van der Waals surface area contributed by atoms with Crippen LogP contribution in [0.15, 0.2) is 66.7 Å². The fourth-order valence-electron chi connectivity index (χ4n) is 2.72. The molecule has 142 valence electrons. The number of halogens is 1. The van der Waals surface area contributed by atoms with Crippen LogP contribution in [0.2, 0.25) is 0 Å². The summed E-state index contributed by atoms with van der Waals surface area (Å²) in [5.41, 5.74) is 8.05. The standard InChI is InChI=1S/C22H18FNO4/c1-27-21(25)15-8-10-19(23)18(11-15)17-9-7-16(12-20(17)24)22(26)28-13-14-5-3-2-4-6-14/h2-12H,13,24H2,1H3. The van der Waals surface area contributed by atoms with E-state index in [9.17, 15) is 14.0 Å². The Morgan fingerprint density at radius 2 is 1.57 bits per heavy atom. The second-order valence-electron chi connectivity index (χ2n) is 6.05. The third-order valence-electron chi connectivity index (χ3n) is 4.18. The van der Waals surface area contributed by atoms with Gasteiger partial charge in [-0.25, -0.2) is 14.0 Å². The van der Waals surface area contributed by atoms with Crippen LogP contribution < -0.4 is 5.73 Å². The van der Waals surface area contributed by atoms with Gasteiger partial charge in [-0.1, -0.05) is 36.4 Å². The summed E-state index contributed by atoms with van der Waals surface area (Å²) in [6.45, 7) is 0.136. The first-order valence-corrected chi connectivity index (χ1v) is 8.48. The Morgan fingerprint density at radius 1 is 0.893 bits per heavy atom. The maximum Gasteiger partial charge on any atom is 0.338 e. The highest BCUT2D eigenvalue weighted by atomic mass is 19.1. The lowest BCUT2D eigenvalue weighted by molar-refractivity contribution is 0.0472. The lowest BCUT2D eigenvalue weighted by Gasteiger charge is -2.11. The van der Waals surface area contributed by atoms with Gasteiger partial charge in [-0.05, 0) is 35.9 Å². The van der Waals surface area contributed by atoms with Gasteiger partial charge < -0.3 is 15.2 Å². The zero-order chi connectivity index (χ0) is 20.1. The van der Waals surface area contributed by atoms with E-state index in [1.54, 1.807) is 0 Å². The van der Waals surface area contributed by atoms with Crippen LogP contribution in [0.5, 0.6) is 0 Å². The van der Waals surface area contributed by atoms with Crippen molar-refractivity contribution in [1.29, 1.82) is 0 Å². The number of carbonyl (C=O) groups is 2. The summed E-state index contributed by atoms with van der Waals surface area (Å²) in [5, 5.41) is 0. The molecule has 3 rings (SSSR count). The highest BCUT2D eigenvalue weighted by Gasteiger charge is 2.15. The summed E-state index contributed by atoms with van der Waals surface area (Å²) in [7, 11) is 1.25. The number of esters is 2. The number of rotatable bonds is 5. The van der Waals surface area contributed by atoms with Crippen molar-refractivity contribution in [3.05, 3.63) is 89.2 Å². The molecule has 0 saturated heterocycles. The molecule has 0 aliphatic carbocycles. The lowest BCUT2D eigenvalue weighted by atomic mass is 9.99. The Labute approximate surface area is 161 Å². The van der Waals surface area contributed by atoms with Gasteiger partial charge in [-0.3, -0.25) is 0 Å². The van der Waals surface area contributed by atoms with Gasteiger partial charge in [0, 0.05) is 16.8 Å². The largest absolute Gasteiger partial charge is 0.465 e. The fourth-order valence-corrected chi connectivity index (χ4v) is 2.72. The average Bonchev–Trinajstić information content (AvgIpc) is 2.72. The van der Waals surface area contributed by atoms with E-state index in [2.05, 4.69) is 4.74 Å². The summed E-state index contributed by atoms with van der Waals surface area (Å²) in [5.74, 6) is -1.66. The lowest BCUT2D eigenvalue weighted by Crippen LogP contribution is -2.07. The number of hydrogen-bond acceptors (Lipinski definition) is 5. The summed E-state index contributed by atoms with van der Waals surface area (Å²) in [4.78, 5) is 23.9. The number of anilines is 1. The van der Waals surface area contributed by atoms with Gasteiger partial charge in [0.2, 0.25) is 0 Å². The Balaban J connectivity index is 1.82. The van der Waals surface area contributed by atoms with E-state index in [-0.39, 0.29) is 29.0 Å². The van der Waals surface area contributed by atoms with Crippen molar-refractivity contribution in [2.75, 3.05) is 12.8 Å². The highest BCUT2D eigenvalue weighted by Crippen LogP contribution is 2.30. The van der Waals surface area contributed by atoms with Gasteiger partial charge in [0.05, 0.1) is 18.2 Å². The monoisotopic (exact) mass is 379 g/mol. The molecule has 0 aliphatic rings. The van der Waals surface area contributed by atoms with Gasteiger partial charge in [-0.2, -0.15) is 0 Å². The first-order valence-electron chi connectivity index (χ1n) is 8.48. The maximum absolute atomic E-state index is 14.3. The van der Waals surface area contributed by atoms with E-state index in [1.807, 2.05) is 30.3 Å². The van der Waals surface area contributed by atoms with Crippen LogP contribution in [0.1, 0.15) is 26.3 Å². The number of nitrogens with two attached hydrogens (primary N) is 1. The molecule has 6 heteroatoms. The predicted octanol–water partition coefficient (Wildman–Crippen LogP) is 4.22. The molecule has 0 atom stereocenters. The predicted molar refractivity (Wildman–Crippen MR) is 103 cm³/mol. The molecule has 28 heavy (non-hydrogen) atoms. The third kappa shape index (κ3) is 4.17. The second kappa shape index (κ2) is 8.35. The topological polar surface area (TPSA) is 78.6 Å². The van der Waals surface area contributed by atoms with E-state index in [0.717, 1.165) is 5.56 Å². The van der Waals surface area contributed by atoms with Crippen molar-refractivity contribution >= 4 is 17.6 Å². The van der Waals surface area contributed by atoms with E-state index in [4.69, 9.17) is 10.5 Å². The van der Waals surface area contributed by atoms with Crippen LogP contribution in [0.25, 0.3) is 11.1 Å². The van der Waals surface area contributed by atoms with Crippen molar-refractivity contribution in [2.45, 2.75) is 6.61 Å². The van der Waals surface area contributed by atoms with Gasteiger partial charge in [0.1, 0.15) is 12.4 Å². The minimum atomic E-state index is -0.582. The SMILES string of the molecule is COC(=O)c1ccc(F)c(-c2ccc(C(=O)OCc3ccccc3)cc2N)c1. The molecule has 0 aliphatic heterocycles. The van der Waals surface area contributed by atoms with E-state index in [1.165, 1.54) is 43.5 Å². The Kier molecular flexibility index (Phi) is 5.69. The zero-order valence-electron chi connectivity index (χ0n) is 15.1. The molecule has 2 N–H and O–H groups in total. The number of benzene rings is 3. The Hall–Kier alpha value is -3.67. The smallest absolute Gasteiger partial charge is 0.338 e. The molecule has 0 aromatic heterocycles. The molecule has 0 heterocycles. The average molecular weight is 379 g/mol. The minimum Gasteiger partial charge on any atom is -0.465 e. The quantitative estimate of drug-likeness (QED) is 0.530. The van der Waals surface area contributed by atoms with Crippen LogP contribution in [0.3, 0.4) is 0 Å². The molecule has 0 fully saturated rings. The molecule has 3 aromatic rings. The molecule has 0 unspecified atom stereocenters. The summed E-state index contributed by atoms with van der Waals surface area (Å²) in [6.07, 6.45) is 0. The fraction of sp³-hybridized carbons (Fsp3) is 0.0909. The first-order chi connectivity index (χ1) is 13.5. The molecule has 5 nitrogen and oxygen atoms in total. The first kappa shape index (κ1) is 19.1. The number of nitrogen functional groups attached to an aromatic ring is 1. The normalized spacial score (nSPS) is 10.4. The van der Waals surface area contributed by atoms with Crippen LogP contribution in [0, 0.1) is 5.82 Å². The minimum absolute atomic E-state index is 0.136. The maximum atomic E-state index is 14.3. The molecular formula is C22H18FNO4. The molecule has 0 spiro atoms. The van der Waals surface area contributed by atoms with Crippen molar-refractivity contribution in [3.63, 3.8) is 0 Å². The van der Waals surface area contributed by atoms with Crippen molar-refractivity contribution < 1.29 is 23.5 Å². The zero-order valence-corrected chi connectivity index (χ0v) is 15.1. The highest BCUT2D eigenvalue weighted by molar-refractivity contribution is 5.94. The van der Waals surface area contributed by atoms with Crippen molar-refractivity contribution in [1.82, 2.24) is 0 Å². The summed E-state index contributed by atoms with van der Waals surface area (Å²) >= 11 is 0. The number of hydrogen-bond donors (Lipinski definition) is 1. The summed E-state index contributed by atoms with van der Waals surface area (Å²) in [6, 6.07) is 17.6. The van der Waals surface area contributed by atoms with Crippen molar-refractivity contribution in [3.8, 4) is 11.1 Å². The van der Waals surface area contributed by atoms with Crippen LogP contribution in [-0.4, -0.2) is 19.0 Å². The van der Waals surface area contributed by atoms with E-state index in [0.29, 0.717) is 5.56 Å². The molecule has 0 radical (unpaired) electrons. The number of methoxy groups -OCH3 is 1. The molecule has 0 amide bonds. The molecule has 3 aromatic carbocycles. The van der Waals surface area contributed by atoms with Gasteiger partial charge in [0.15, 0.2) is 0 Å². The van der Waals surface area contributed by atoms with Gasteiger partial charge >= 0.3 is 11.9 Å². The second-order valence-corrected chi connectivity index (χ2v) is 6.05. The molecule has 0 saturated carbocycles. The van der Waals surface area contributed by atoms with Gasteiger partial charge in [0.25, 0.3) is 0 Å². The van der Waals surface area contributed by atoms with Crippen LogP contribution >= 0.6 is 0 Å². The molecule has 0 bridgehead atoms. The van der Waals surface area contributed by atoms with Crippen LogP contribution in [0.4, 0.5) is 10.1 Å². The van der Waals surface area contributed by atoms with E-state index >= 15 is 0 Å². The summed E-state index contributed by atoms with van der Waals surface area (Å²) < 4.78 is 24.2. The number of carbonyl (C=O) groups excluding carboxylic acids is 2. The van der Waals surface area contributed by atoms with Crippen LogP contribution in [-0.2, 0) is 16.1 Å². The van der Waals surface area contributed by atoms with E-state index < -0.39 is 17.8 Å². The molecular weight excluding hydrogens is 361 g/mol. The van der Waals surface area contributed by atoms with Crippen molar-refractivity contribution in [2.24, 2.45) is 0 Å².